The molecule has 41 heavy (non-hydrogen) atoms. The standard InChI is InChI=1S/C30H40N4O6S/c1-20-22(10-7-11-24(20)35)27(37)32-23(18-21-8-5-4-6-9-21)25(36)29(39)34-19-41-30(2,3)26(34)28(38)31-12-13-33-14-16-40-17-15-33/h4-11,23,25-26,35-36H,12-19H2,1-3H3,(H,31,38)(H,32,37)/t23-,25-,26-/m0/s1. The van der Waals surface area contributed by atoms with E-state index in [-0.39, 0.29) is 29.5 Å². The van der Waals surface area contributed by atoms with E-state index in [1.807, 2.05) is 44.2 Å². The third kappa shape index (κ3) is 7.59. The second-order valence-corrected chi connectivity index (χ2v) is 12.6. The molecule has 3 amide bonds. The van der Waals surface area contributed by atoms with Gasteiger partial charge in [0.2, 0.25) is 5.91 Å². The topological polar surface area (TPSA) is 131 Å². The molecule has 10 nitrogen and oxygen atoms in total. The minimum Gasteiger partial charge on any atom is -0.508 e. The largest absolute Gasteiger partial charge is 0.508 e. The number of morpholine rings is 1. The van der Waals surface area contributed by atoms with Crippen molar-refractivity contribution in [1.29, 1.82) is 0 Å². The van der Waals surface area contributed by atoms with E-state index in [9.17, 15) is 24.6 Å². The lowest BCUT2D eigenvalue weighted by molar-refractivity contribution is -0.147. The van der Waals surface area contributed by atoms with Gasteiger partial charge in [-0.3, -0.25) is 19.3 Å². The van der Waals surface area contributed by atoms with Crippen molar-refractivity contribution >= 4 is 29.5 Å². The van der Waals surface area contributed by atoms with Crippen molar-refractivity contribution in [2.45, 2.75) is 50.1 Å². The lowest BCUT2D eigenvalue weighted by Gasteiger charge is -2.33. The summed E-state index contributed by atoms with van der Waals surface area (Å²) >= 11 is 1.47. The van der Waals surface area contributed by atoms with Crippen LogP contribution in [0.4, 0.5) is 0 Å². The SMILES string of the molecule is Cc1c(O)cccc1C(=O)N[C@@H](Cc1ccccc1)[C@H](O)C(=O)N1CSC(C)(C)[C@@H]1C(=O)NCCN1CCOCC1. The second kappa shape index (κ2) is 13.7. The lowest BCUT2D eigenvalue weighted by atomic mass is 9.96. The number of rotatable bonds is 10. The van der Waals surface area contributed by atoms with Gasteiger partial charge < -0.3 is 30.5 Å². The highest BCUT2D eigenvalue weighted by Gasteiger charge is 2.49. The van der Waals surface area contributed by atoms with Gasteiger partial charge in [0.15, 0.2) is 6.10 Å². The fourth-order valence-corrected chi connectivity index (χ4v) is 6.38. The maximum Gasteiger partial charge on any atom is 0.254 e. The molecule has 2 heterocycles. The molecule has 11 heteroatoms. The number of hydrogen-bond acceptors (Lipinski definition) is 8. The summed E-state index contributed by atoms with van der Waals surface area (Å²) in [7, 11) is 0. The highest BCUT2D eigenvalue weighted by atomic mass is 32.2. The Morgan fingerprint density at radius 1 is 1.10 bits per heavy atom. The number of carbonyl (C=O) groups excluding carboxylic acids is 3. The molecule has 0 bridgehead atoms. The zero-order chi connectivity index (χ0) is 29.6. The molecule has 0 spiro atoms. The Morgan fingerprint density at radius 2 is 1.80 bits per heavy atom. The summed E-state index contributed by atoms with van der Waals surface area (Å²) in [6.07, 6.45) is -1.41. The molecule has 0 aromatic heterocycles. The summed E-state index contributed by atoms with van der Waals surface area (Å²) < 4.78 is 4.80. The highest BCUT2D eigenvalue weighted by Crippen LogP contribution is 2.39. The van der Waals surface area contributed by atoms with Crippen molar-refractivity contribution in [2.75, 3.05) is 45.3 Å². The summed E-state index contributed by atoms with van der Waals surface area (Å²) in [5, 5.41) is 27.3. The van der Waals surface area contributed by atoms with Gasteiger partial charge in [0.05, 0.1) is 25.1 Å². The van der Waals surface area contributed by atoms with Crippen molar-refractivity contribution in [3.63, 3.8) is 0 Å². The number of aliphatic hydroxyl groups is 1. The molecule has 4 N–H and O–H groups in total. The van der Waals surface area contributed by atoms with E-state index in [1.54, 1.807) is 19.1 Å². The van der Waals surface area contributed by atoms with Crippen molar-refractivity contribution in [3.8, 4) is 5.75 Å². The lowest BCUT2D eigenvalue weighted by Crippen LogP contribution is -2.59. The number of carbonyl (C=O) groups is 3. The van der Waals surface area contributed by atoms with Gasteiger partial charge in [0.25, 0.3) is 11.8 Å². The maximum atomic E-state index is 13.8. The normalized spacial score (nSPS) is 20.3. The van der Waals surface area contributed by atoms with E-state index in [0.29, 0.717) is 31.9 Å². The molecule has 222 valence electrons. The van der Waals surface area contributed by atoms with Crippen LogP contribution in [-0.4, -0.2) is 106 Å². The van der Waals surface area contributed by atoms with Crippen molar-refractivity contribution in [1.82, 2.24) is 20.4 Å². The van der Waals surface area contributed by atoms with Gasteiger partial charge in [-0.1, -0.05) is 36.4 Å². The monoisotopic (exact) mass is 584 g/mol. The number of amides is 3. The van der Waals surface area contributed by atoms with Gasteiger partial charge in [0.1, 0.15) is 11.8 Å². The number of nitrogens with zero attached hydrogens (tertiary/aromatic N) is 2. The quantitative estimate of drug-likeness (QED) is 0.331. The Bertz CT molecular complexity index is 1220. The first-order chi connectivity index (χ1) is 19.6. The third-order valence-corrected chi connectivity index (χ3v) is 9.08. The van der Waals surface area contributed by atoms with Crippen LogP contribution in [0.25, 0.3) is 0 Å². The predicted octanol–water partition coefficient (Wildman–Crippen LogP) is 1.53. The van der Waals surface area contributed by atoms with Crippen LogP contribution in [0, 0.1) is 6.92 Å². The van der Waals surface area contributed by atoms with E-state index >= 15 is 0 Å². The molecule has 2 aliphatic heterocycles. The van der Waals surface area contributed by atoms with Crippen molar-refractivity contribution in [3.05, 3.63) is 65.2 Å². The van der Waals surface area contributed by atoms with Gasteiger partial charge in [-0.15, -0.1) is 11.8 Å². The second-order valence-electron chi connectivity index (χ2n) is 11.0. The fraction of sp³-hybridized carbons (Fsp3) is 0.500. The molecule has 0 unspecified atom stereocenters. The number of phenolic OH excluding ortho intramolecular Hbond substituents is 1. The van der Waals surface area contributed by atoms with Gasteiger partial charge in [-0.05, 0) is 44.9 Å². The molecule has 4 rings (SSSR count). The van der Waals surface area contributed by atoms with Crippen LogP contribution in [0.3, 0.4) is 0 Å². The van der Waals surface area contributed by atoms with E-state index in [1.165, 1.54) is 22.7 Å². The van der Waals surface area contributed by atoms with Crippen LogP contribution in [0.1, 0.15) is 35.3 Å². The van der Waals surface area contributed by atoms with Crippen LogP contribution < -0.4 is 10.6 Å². The number of thioether (sulfide) groups is 1. The van der Waals surface area contributed by atoms with Crippen molar-refractivity contribution < 1.29 is 29.3 Å². The summed E-state index contributed by atoms with van der Waals surface area (Å²) in [5.74, 6) is -1.19. The van der Waals surface area contributed by atoms with Crippen molar-refractivity contribution in [2.24, 2.45) is 0 Å². The van der Waals surface area contributed by atoms with E-state index < -0.39 is 34.7 Å². The molecule has 2 aliphatic rings. The minimum absolute atomic E-state index is 0.0207. The average Bonchev–Trinajstić information content (AvgIpc) is 3.29. The molecule has 2 aromatic rings. The molecule has 0 radical (unpaired) electrons. The number of ether oxygens (including phenoxy) is 1. The summed E-state index contributed by atoms with van der Waals surface area (Å²) in [5.41, 5.74) is 1.47. The summed E-state index contributed by atoms with van der Waals surface area (Å²) in [4.78, 5) is 44.1. The van der Waals surface area contributed by atoms with Crippen LogP contribution in [0.5, 0.6) is 5.75 Å². The number of benzene rings is 2. The van der Waals surface area contributed by atoms with Crippen LogP contribution in [0.2, 0.25) is 0 Å². The van der Waals surface area contributed by atoms with Crippen LogP contribution >= 0.6 is 11.8 Å². The van der Waals surface area contributed by atoms with E-state index in [4.69, 9.17) is 4.74 Å². The number of nitrogens with one attached hydrogen (secondary N) is 2. The maximum absolute atomic E-state index is 13.8. The molecule has 0 saturated carbocycles. The molecular formula is C30H40N4O6S. The zero-order valence-electron chi connectivity index (χ0n) is 23.8. The molecule has 0 aliphatic carbocycles. The van der Waals surface area contributed by atoms with E-state index in [0.717, 1.165) is 18.7 Å². The van der Waals surface area contributed by atoms with Gasteiger partial charge in [-0.25, -0.2) is 0 Å². The van der Waals surface area contributed by atoms with Crippen LogP contribution in [-0.2, 0) is 20.7 Å². The Labute approximate surface area is 245 Å². The molecule has 2 aromatic carbocycles. The fourth-order valence-electron chi connectivity index (χ4n) is 5.24. The Kier molecular flexibility index (Phi) is 10.3. The molecule has 3 atom stereocenters. The first-order valence-electron chi connectivity index (χ1n) is 13.9. The van der Waals surface area contributed by atoms with E-state index in [2.05, 4.69) is 15.5 Å². The number of phenols is 1. The van der Waals surface area contributed by atoms with Gasteiger partial charge in [-0.2, -0.15) is 0 Å². The molecular weight excluding hydrogens is 544 g/mol. The first-order valence-corrected chi connectivity index (χ1v) is 14.9. The number of aliphatic hydroxyl groups excluding tert-OH is 1. The molecule has 2 fully saturated rings. The zero-order valence-corrected chi connectivity index (χ0v) is 24.7. The van der Waals surface area contributed by atoms with Crippen LogP contribution in [0.15, 0.2) is 48.5 Å². The Hall–Kier alpha value is -3.12. The average molecular weight is 585 g/mol. The minimum atomic E-state index is -1.60. The Balaban J connectivity index is 1.50. The molecule has 2 saturated heterocycles. The first kappa shape index (κ1) is 30.8. The third-order valence-electron chi connectivity index (χ3n) is 7.71. The summed E-state index contributed by atoms with van der Waals surface area (Å²) in [6, 6.07) is 12.1. The van der Waals surface area contributed by atoms with Gasteiger partial charge >= 0.3 is 0 Å². The predicted molar refractivity (Wildman–Crippen MR) is 158 cm³/mol. The number of aromatic hydroxyl groups is 1. The summed E-state index contributed by atoms with van der Waals surface area (Å²) in [6.45, 7) is 9.56. The van der Waals surface area contributed by atoms with Gasteiger partial charge in [0, 0.05) is 42.1 Å². The highest BCUT2D eigenvalue weighted by molar-refractivity contribution is 8.00. The number of hydrogen-bond donors (Lipinski definition) is 4. The smallest absolute Gasteiger partial charge is 0.254 e. The Morgan fingerprint density at radius 3 is 2.51 bits per heavy atom.